The van der Waals surface area contributed by atoms with Crippen LogP contribution in [0.4, 0.5) is 0 Å². The third-order valence-electron chi connectivity index (χ3n) is 2.28. The van der Waals surface area contributed by atoms with Crippen LogP contribution in [0.2, 0.25) is 0 Å². The van der Waals surface area contributed by atoms with Gasteiger partial charge in [0.15, 0.2) is 0 Å². The number of methoxy groups -OCH3 is 1. The smallest absolute Gasteiger partial charge is 0.0561 e. The summed E-state index contributed by atoms with van der Waals surface area (Å²) in [6.07, 6.45) is 1.27. The molecule has 2 atom stereocenters. The molecule has 1 aromatic rings. The summed E-state index contributed by atoms with van der Waals surface area (Å²) in [7, 11) is 3.74. The predicted molar refractivity (Wildman–Crippen MR) is 64.9 cm³/mol. The quantitative estimate of drug-likeness (QED) is 0.893. The van der Waals surface area contributed by atoms with Gasteiger partial charge in [-0.15, -0.1) is 11.3 Å². The first-order chi connectivity index (χ1) is 6.69. The molecule has 0 saturated carbocycles. The van der Waals surface area contributed by atoms with E-state index in [1.807, 2.05) is 7.05 Å². The molecule has 0 bridgehead atoms. The highest BCUT2D eigenvalue weighted by molar-refractivity contribution is 9.10. The van der Waals surface area contributed by atoms with Gasteiger partial charge in [0.05, 0.1) is 6.10 Å². The lowest BCUT2D eigenvalue weighted by Gasteiger charge is -2.19. The molecule has 0 aliphatic rings. The average Bonchev–Trinajstić information content (AvgIpc) is 2.60. The Kier molecular flexibility index (Phi) is 5.09. The highest BCUT2D eigenvalue weighted by atomic mass is 79.9. The summed E-state index contributed by atoms with van der Waals surface area (Å²) in [4.78, 5) is 1.34. The molecule has 14 heavy (non-hydrogen) atoms. The number of hydrogen-bond acceptors (Lipinski definition) is 3. The Hall–Kier alpha value is 0.100. The molecule has 0 aromatic carbocycles. The van der Waals surface area contributed by atoms with Crippen LogP contribution in [-0.4, -0.2) is 20.3 Å². The van der Waals surface area contributed by atoms with Crippen LogP contribution in [-0.2, 0) is 4.74 Å². The number of halogens is 1. The molecule has 0 aliphatic carbocycles. The first kappa shape index (κ1) is 12.2. The Morgan fingerprint density at radius 1 is 1.64 bits per heavy atom. The fraction of sp³-hybridized carbons (Fsp3) is 0.600. The number of hydrogen-bond donors (Lipinski definition) is 1. The first-order valence-corrected chi connectivity index (χ1v) is 6.29. The van der Waals surface area contributed by atoms with Gasteiger partial charge in [-0.25, -0.2) is 0 Å². The van der Waals surface area contributed by atoms with Crippen LogP contribution in [0, 0.1) is 0 Å². The number of thiophene rings is 1. The van der Waals surface area contributed by atoms with Crippen molar-refractivity contribution in [2.24, 2.45) is 0 Å². The Morgan fingerprint density at radius 3 is 2.79 bits per heavy atom. The van der Waals surface area contributed by atoms with Gasteiger partial charge in [0.25, 0.3) is 0 Å². The molecule has 0 fully saturated rings. The van der Waals surface area contributed by atoms with E-state index in [1.165, 1.54) is 9.35 Å². The van der Waals surface area contributed by atoms with Crippen LogP contribution in [0.1, 0.15) is 24.3 Å². The second kappa shape index (κ2) is 5.85. The van der Waals surface area contributed by atoms with Crippen LogP contribution < -0.4 is 5.32 Å². The van der Waals surface area contributed by atoms with Gasteiger partial charge in [-0.05, 0) is 47.8 Å². The molecule has 0 spiro atoms. The van der Waals surface area contributed by atoms with E-state index in [1.54, 1.807) is 18.4 Å². The fourth-order valence-corrected chi connectivity index (χ4v) is 3.11. The molecule has 2 unspecified atom stereocenters. The highest BCUT2D eigenvalue weighted by Crippen LogP contribution is 2.31. The van der Waals surface area contributed by atoms with Gasteiger partial charge >= 0.3 is 0 Å². The predicted octanol–water partition coefficient (Wildman–Crippen LogP) is 3.20. The van der Waals surface area contributed by atoms with E-state index in [4.69, 9.17) is 4.74 Å². The minimum absolute atomic E-state index is 0.279. The standard InChI is InChI=1S/C10H16BrNOS/c1-7(13-3)6-9(12-2)10-8(11)4-5-14-10/h4-5,7,9,12H,6H2,1-3H3. The Labute approximate surface area is 97.8 Å². The van der Waals surface area contributed by atoms with Crippen molar-refractivity contribution >= 4 is 27.3 Å². The molecule has 4 heteroatoms. The van der Waals surface area contributed by atoms with Crippen molar-refractivity contribution in [2.45, 2.75) is 25.5 Å². The molecule has 0 aliphatic heterocycles. The third-order valence-corrected chi connectivity index (χ3v) is 4.26. The number of nitrogens with one attached hydrogen (secondary N) is 1. The number of rotatable bonds is 5. The molecule has 0 amide bonds. The Balaban J connectivity index is 2.67. The minimum atomic E-state index is 0.279. The Morgan fingerprint density at radius 2 is 2.36 bits per heavy atom. The second-order valence-corrected chi connectivity index (χ2v) is 5.06. The maximum absolute atomic E-state index is 5.27. The van der Waals surface area contributed by atoms with Crippen molar-refractivity contribution in [3.8, 4) is 0 Å². The molecule has 0 radical (unpaired) electrons. The summed E-state index contributed by atoms with van der Waals surface area (Å²) in [6.45, 7) is 2.09. The van der Waals surface area contributed by atoms with Gasteiger partial charge in [-0.2, -0.15) is 0 Å². The summed E-state index contributed by atoms with van der Waals surface area (Å²) < 4.78 is 6.46. The van der Waals surface area contributed by atoms with Gasteiger partial charge in [-0.1, -0.05) is 0 Å². The fourth-order valence-electron chi connectivity index (χ4n) is 1.34. The van der Waals surface area contributed by atoms with Gasteiger partial charge in [0.1, 0.15) is 0 Å². The molecular weight excluding hydrogens is 262 g/mol. The summed E-state index contributed by atoms with van der Waals surface area (Å²) in [5.74, 6) is 0. The molecule has 1 aromatic heterocycles. The van der Waals surface area contributed by atoms with Gasteiger partial charge in [0, 0.05) is 22.5 Å². The van der Waals surface area contributed by atoms with E-state index < -0.39 is 0 Å². The first-order valence-electron chi connectivity index (χ1n) is 4.62. The maximum Gasteiger partial charge on any atom is 0.0561 e. The monoisotopic (exact) mass is 277 g/mol. The van der Waals surface area contributed by atoms with Crippen molar-refractivity contribution in [3.63, 3.8) is 0 Å². The van der Waals surface area contributed by atoms with E-state index in [2.05, 4.69) is 39.6 Å². The SMILES string of the molecule is CNC(CC(C)OC)c1sccc1Br. The molecule has 1 rings (SSSR count). The molecule has 0 saturated heterocycles. The van der Waals surface area contributed by atoms with Crippen molar-refractivity contribution in [1.82, 2.24) is 5.32 Å². The zero-order chi connectivity index (χ0) is 10.6. The lowest BCUT2D eigenvalue weighted by Crippen LogP contribution is -2.21. The van der Waals surface area contributed by atoms with Crippen LogP contribution in [0.3, 0.4) is 0 Å². The summed E-state index contributed by atoms with van der Waals surface area (Å²) >= 11 is 5.32. The van der Waals surface area contributed by atoms with Gasteiger partial charge in [0.2, 0.25) is 0 Å². The van der Waals surface area contributed by atoms with Crippen LogP contribution in [0.15, 0.2) is 15.9 Å². The molecule has 80 valence electrons. The maximum atomic E-state index is 5.27. The normalized spacial score (nSPS) is 15.4. The van der Waals surface area contributed by atoms with E-state index in [9.17, 15) is 0 Å². The molecular formula is C10H16BrNOS. The molecule has 2 nitrogen and oxygen atoms in total. The second-order valence-electron chi connectivity index (χ2n) is 3.26. The summed E-state index contributed by atoms with van der Waals surface area (Å²) in [6, 6.07) is 2.46. The third kappa shape index (κ3) is 3.05. The molecule has 1 heterocycles. The number of ether oxygens (including phenoxy) is 1. The van der Waals surface area contributed by atoms with E-state index in [0.717, 1.165) is 6.42 Å². The summed E-state index contributed by atoms with van der Waals surface area (Å²) in [5.41, 5.74) is 0. The lowest BCUT2D eigenvalue weighted by atomic mass is 10.1. The summed E-state index contributed by atoms with van der Waals surface area (Å²) in [5, 5.41) is 5.41. The van der Waals surface area contributed by atoms with Crippen molar-refractivity contribution in [3.05, 3.63) is 20.8 Å². The van der Waals surface area contributed by atoms with Crippen LogP contribution in [0.5, 0.6) is 0 Å². The zero-order valence-corrected chi connectivity index (χ0v) is 11.1. The Bertz CT molecular complexity index is 277. The molecule has 1 N–H and O–H groups in total. The van der Waals surface area contributed by atoms with E-state index in [0.29, 0.717) is 6.04 Å². The highest BCUT2D eigenvalue weighted by Gasteiger charge is 2.16. The van der Waals surface area contributed by atoms with E-state index >= 15 is 0 Å². The average molecular weight is 278 g/mol. The zero-order valence-electron chi connectivity index (χ0n) is 8.71. The van der Waals surface area contributed by atoms with Crippen molar-refractivity contribution in [2.75, 3.05) is 14.2 Å². The minimum Gasteiger partial charge on any atom is -0.382 e. The van der Waals surface area contributed by atoms with Gasteiger partial charge < -0.3 is 10.1 Å². The topological polar surface area (TPSA) is 21.3 Å². The lowest BCUT2D eigenvalue weighted by molar-refractivity contribution is 0.102. The van der Waals surface area contributed by atoms with Crippen molar-refractivity contribution in [1.29, 1.82) is 0 Å². The largest absolute Gasteiger partial charge is 0.382 e. The van der Waals surface area contributed by atoms with Gasteiger partial charge in [-0.3, -0.25) is 0 Å². The van der Waals surface area contributed by atoms with E-state index in [-0.39, 0.29) is 6.10 Å². The van der Waals surface area contributed by atoms with Crippen molar-refractivity contribution < 1.29 is 4.74 Å². The van der Waals surface area contributed by atoms with Crippen LogP contribution >= 0.6 is 27.3 Å². The van der Waals surface area contributed by atoms with Crippen LogP contribution in [0.25, 0.3) is 0 Å².